The van der Waals surface area contributed by atoms with Crippen LogP contribution in [0.25, 0.3) is 28.3 Å². The van der Waals surface area contributed by atoms with E-state index in [0.717, 1.165) is 72.4 Å². The number of halogens is 2. The number of likely N-dealkylation sites (tertiary alicyclic amines) is 1. The summed E-state index contributed by atoms with van der Waals surface area (Å²) >= 11 is 0. The van der Waals surface area contributed by atoms with Crippen molar-refractivity contribution in [3.63, 3.8) is 0 Å². The molecule has 2 bridgehead atoms. The molecule has 8 nitrogen and oxygen atoms in total. The highest BCUT2D eigenvalue weighted by Crippen LogP contribution is 2.48. The molecule has 3 fully saturated rings. The quantitative estimate of drug-likeness (QED) is 0.149. The van der Waals surface area contributed by atoms with E-state index in [-0.39, 0.29) is 29.6 Å². The fourth-order valence-electron chi connectivity index (χ4n) is 8.01. The average molecular weight is 608 g/mol. The zero-order chi connectivity index (χ0) is 30.5. The number of pyridine rings is 1. The highest BCUT2D eigenvalue weighted by atomic mass is 19.1. The van der Waals surface area contributed by atoms with Crippen LogP contribution in [0.5, 0.6) is 0 Å². The Morgan fingerprint density at radius 2 is 1.78 bits per heavy atom. The molecule has 0 spiro atoms. The molecular formula is C35H35F2N7O. The van der Waals surface area contributed by atoms with Crippen LogP contribution >= 0.6 is 0 Å². The molecule has 3 aliphatic rings. The molecule has 8 rings (SSSR count). The molecule has 1 aliphatic heterocycles. The molecule has 4 aromatic heterocycles. The summed E-state index contributed by atoms with van der Waals surface area (Å²) in [7, 11) is 0. The van der Waals surface area contributed by atoms with Crippen molar-refractivity contribution in [2.24, 2.45) is 17.8 Å². The van der Waals surface area contributed by atoms with E-state index in [4.69, 9.17) is 10.1 Å². The Balaban J connectivity index is 1.07. The summed E-state index contributed by atoms with van der Waals surface area (Å²) in [5.41, 5.74) is 4.57. The number of rotatable bonds is 8. The maximum Gasteiger partial charge on any atom is 0.213 e. The molecule has 5 aromatic rings. The van der Waals surface area contributed by atoms with Gasteiger partial charge in [-0.15, -0.1) is 0 Å². The first-order valence-electron chi connectivity index (χ1n) is 16.0. The van der Waals surface area contributed by atoms with Gasteiger partial charge in [-0.3, -0.25) is 4.79 Å². The smallest absolute Gasteiger partial charge is 0.213 e. The number of carbonyl (C=O) groups is 1. The number of Topliss-reactive ketones (excluding diaryl/α,β-unsaturated/α-hetero) is 1. The lowest BCUT2D eigenvalue weighted by molar-refractivity contribution is 0.0991. The van der Waals surface area contributed by atoms with Gasteiger partial charge in [-0.05, 0) is 92.3 Å². The van der Waals surface area contributed by atoms with Crippen LogP contribution in [0.2, 0.25) is 0 Å². The first-order valence-corrected chi connectivity index (χ1v) is 16.0. The molecule has 1 unspecified atom stereocenters. The van der Waals surface area contributed by atoms with Gasteiger partial charge in [-0.2, -0.15) is 9.49 Å². The van der Waals surface area contributed by atoms with Crippen LogP contribution in [0.3, 0.4) is 0 Å². The summed E-state index contributed by atoms with van der Waals surface area (Å²) in [6.45, 7) is 3.36. The van der Waals surface area contributed by atoms with Crippen LogP contribution in [0.1, 0.15) is 60.6 Å². The second-order valence-electron chi connectivity index (χ2n) is 13.0. The van der Waals surface area contributed by atoms with E-state index in [1.807, 2.05) is 18.5 Å². The average Bonchev–Trinajstić information content (AvgIpc) is 3.85. The lowest BCUT2D eigenvalue weighted by atomic mass is 9.88. The number of hydrogen-bond acceptors (Lipinski definition) is 6. The maximum atomic E-state index is 13.9. The van der Waals surface area contributed by atoms with Crippen molar-refractivity contribution in [1.82, 2.24) is 34.0 Å². The molecule has 230 valence electrons. The Morgan fingerprint density at radius 3 is 2.53 bits per heavy atom. The van der Waals surface area contributed by atoms with Gasteiger partial charge in [0, 0.05) is 49.1 Å². The van der Waals surface area contributed by atoms with Gasteiger partial charge >= 0.3 is 0 Å². The predicted octanol–water partition coefficient (Wildman–Crippen LogP) is 6.43. The third-order valence-electron chi connectivity index (χ3n) is 10.2. The molecular weight excluding hydrogens is 572 g/mol. The number of fused-ring (bicyclic) bond motifs is 3. The minimum absolute atomic E-state index is 0.0156. The summed E-state index contributed by atoms with van der Waals surface area (Å²) < 4.78 is 31.3. The molecule has 0 amide bonds. The van der Waals surface area contributed by atoms with E-state index in [1.54, 1.807) is 22.8 Å². The molecule has 3 atom stereocenters. The van der Waals surface area contributed by atoms with Gasteiger partial charge in [0.05, 0.1) is 36.0 Å². The summed E-state index contributed by atoms with van der Waals surface area (Å²) in [6.07, 6.45) is 12.7. The van der Waals surface area contributed by atoms with Crippen molar-refractivity contribution < 1.29 is 13.6 Å². The Bertz CT molecular complexity index is 1860. The van der Waals surface area contributed by atoms with E-state index in [1.165, 1.54) is 56.6 Å². The van der Waals surface area contributed by atoms with Gasteiger partial charge in [-0.25, -0.2) is 23.9 Å². The van der Waals surface area contributed by atoms with Crippen molar-refractivity contribution >= 4 is 11.4 Å². The fourth-order valence-corrected chi connectivity index (χ4v) is 8.01. The monoisotopic (exact) mass is 607 g/mol. The highest BCUT2D eigenvalue weighted by Gasteiger charge is 2.40. The van der Waals surface area contributed by atoms with Gasteiger partial charge in [0.15, 0.2) is 11.4 Å². The summed E-state index contributed by atoms with van der Waals surface area (Å²) in [5, 5.41) is 4.92. The van der Waals surface area contributed by atoms with Gasteiger partial charge in [0.1, 0.15) is 11.5 Å². The van der Waals surface area contributed by atoms with E-state index in [9.17, 15) is 13.6 Å². The van der Waals surface area contributed by atoms with E-state index >= 15 is 0 Å². The number of hydrogen-bond donors (Lipinski definition) is 0. The second kappa shape index (κ2) is 11.6. The summed E-state index contributed by atoms with van der Waals surface area (Å²) in [4.78, 5) is 28.4. The predicted molar refractivity (Wildman–Crippen MR) is 165 cm³/mol. The third kappa shape index (κ3) is 5.56. The first kappa shape index (κ1) is 28.2. The van der Waals surface area contributed by atoms with Gasteiger partial charge in [-0.1, -0.05) is 6.42 Å². The van der Waals surface area contributed by atoms with Crippen LogP contribution < -0.4 is 0 Å². The minimum atomic E-state index is -0.693. The molecule has 2 saturated carbocycles. The Kier molecular flexibility index (Phi) is 7.24. The van der Waals surface area contributed by atoms with E-state index in [2.05, 4.69) is 19.4 Å². The molecule has 0 N–H and O–H groups in total. The molecule has 10 heteroatoms. The van der Waals surface area contributed by atoms with Crippen LogP contribution in [0.15, 0.2) is 67.3 Å². The van der Waals surface area contributed by atoms with Crippen molar-refractivity contribution in [2.75, 3.05) is 19.6 Å². The van der Waals surface area contributed by atoms with Crippen LogP contribution in [0.4, 0.5) is 8.78 Å². The molecule has 1 aromatic carbocycles. The number of piperidine rings is 1. The SMILES string of the molecule is O=C(Cc1cn2nc(-c3c(-c4ccc(F)cc4)ncn3C3CCN(CC4C[C@@H]5CC[C@H]4C5)CC3)ccc2n1)c1ccnc(F)c1. The van der Waals surface area contributed by atoms with Crippen LogP contribution in [-0.4, -0.2) is 59.5 Å². The van der Waals surface area contributed by atoms with Crippen molar-refractivity contribution in [2.45, 2.75) is 51.0 Å². The minimum Gasteiger partial charge on any atom is -0.326 e. The van der Waals surface area contributed by atoms with Gasteiger partial charge < -0.3 is 9.47 Å². The zero-order valence-electron chi connectivity index (χ0n) is 25.0. The molecule has 0 radical (unpaired) electrons. The summed E-state index contributed by atoms with van der Waals surface area (Å²) in [6, 6.07) is 13.1. The van der Waals surface area contributed by atoms with Crippen molar-refractivity contribution in [3.05, 3.63) is 90.3 Å². The first-order chi connectivity index (χ1) is 22.0. The zero-order valence-corrected chi connectivity index (χ0v) is 25.0. The van der Waals surface area contributed by atoms with Crippen LogP contribution in [-0.2, 0) is 6.42 Å². The molecule has 1 saturated heterocycles. The highest BCUT2D eigenvalue weighted by molar-refractivity contribution is 5.97. The van der Waals surface area contributed by atoms with E-state index in [0.29, 0.717) is 11.3 Å². The van der Waals surface area contributed by atoms with Crippen LogP contribution in [0, 0.1) is 29.5 Å². The lowest BCUT2D eigenvalue weighted by Gasteiger charge is -2.36. The van der Waals surface area contributed by atoms with Gasteiger partial charge in [0.2, 0.25) is 5.95 Å². The number of carbonyl (C=O) groups excluding carboxylic acids is 1. The largest absolute Gasteiger partial charge is 0.326 e. The Labute approximate surface area is 260 Å². The number of ketones is 1. The Hall–Kier alpha value is -4.31. The fraction of sp³-hybridized carbons (Fsp3) is 0.400. The van der Waals surface area contributed by atoms with E-state index < -0.39 is 5.95 Å². The van der Waals surface area contributed by atoms with Crippen molar-refractivity contribution in [3.8, 4) is 22.6 Å². The van der Waals surface area contributed by atoms with Crippen molar-refractivity contribution in [1.29, 1.82) is 0 Å². The standard InChI is InChI=1S/C35H35F2N7O/c36-27-5-3-23(4-6-27)34-35(43(21-39-34)29-10-13-42(14-11-29)19-26-16-22-1-2-24(26)15-22)30-7-8-33-40-28(20-44(33)41-30)18-31(45)25-9-12-38-32(37)17-25/h3-9,12,17,20-22,24,26,29H,1-2,10-11,13-16,18-19H2/t22-,24+,26?/m1/s1. The lowest BCUT2D eigenvalue weighted by Crippen LogP contribution is -2.38. The second-order valence-corrected chi connectivity index (χ2v) is 13.0. The third-order valence-corrected chi connectivity index (χ3v) is 10.2. The number of imidazole rings is 2. The molecule has 5 heterocycles. The maximum absolute atomic E-state index is 13.9. The summed E-state index contributed by atoms with van der Waals surface area (Å²) in [5.74, 6) is 1.54. The number of nitrogens with zero attached hydrogens (tertiary/aromatic N) is 7. The number of aromatic nitrogens is 6. The molecule has 2 aliphatic carbocycles. The normalized spacial score (nSPS) is 22.0. The number of benzene rings is 1. The Morgan fingerprint density at radius 1 is 0.933 bits per heavy atom. The topological polar surface area (TPSA) is 81.2 Å². The van der Waals surface area contributed by atoms with Gasteiger partial charge in [0.25, 0.3) is 0 Å². The molecule has 45 heavy (non-hydrogen) atoms.